The van der Waals surface area contributed by atoms with Gasteiger partial charge in [0.2, 0.25) is 0 Å². The van der Waals surface area contributed by atoms with E-state index in [2.05, 4.69) is 10.3 Å². The van der Waals surface area contributed by atoms with Crippen LogP contribution in [0.4, 0.5) is 0 Å². The van der Waals surface area contributed by atoms with Crippen molar-refractivity contribution in [3.05, 3.63) is 0 Å². The molecule has 6 nitrogen and oxygen atoms in total. The molecule has 0 aromatic rings. The highest BCUT2D eigenvalue weighted by molar-refractivity contribution is 7.86. The summed E-state index contributed by atoms with van der Waals surface area (Å²) in [6.45, 7) is 3.11. The molecule has 0 atom stereocenters. The van der Waals surface area contributed by atoms with Gasteiger partial charge in [-0.1, -0.05) is 0 Å². The van der Waals surface area contributed by atoms with Crippen molar-refractivity contribution >= 4 is 10.2 Å². The largest absolute Gasteiger partial charge is 0.377 e. The maximum atomic E-state index is 9.19. The lowest BCUT2D eigenvalue weighted by atomic mass is 10.6. The molecule has 68 valence electrons. The second-order valence-corrected chi connectivity index (χ2v) is 2.99. The maximum absolute atomic E-state index is 9.19. The van der Waals surface area contributed by atoms with Crippen LogP contribution in [0.25, 0.3) is 0 Å². The first kappa shape index (κ1) is 10.8. The lowest BCUT2D eigenvalue weighted by Gasteiger charge is -2.09. The summed E-state index contributed by atoms with van der Waals surface area (Å²) in [6, 6.07) is 0. The first-order chi connectivity index (χ1) is 5.00. The van der Waals surface area contributed by atoms with E-state index in [9.17, 15) is 8.42 Å². The van der Waals surface area contributed by atoms with Crippen molar-refractivity contribution in [3.63, 3.8) is 0 Å². The molecule has 0 bridgehead atoms. The highest BCUT2D eigenvalue weighted by atomic mass is 32.2. The summed E-state index contributed by atoms with van der Waals surface area (Å²) in [5.41, 5.74) is 0. The van der Waals surface area contributed by atoms with Gasteiger partial charge in [-0.05, 0) is 0 Å². The molecule has 0 amide bonds. The van der Waals surface area contributed by atoms with Gasteiger partial charge < -0.3 is 9.47 Å². The zero-order chi connectivity index (χ0) is 8.74. The van der Waals surface area contributed by atoms with Crippen molar-refractivity contribution in [2.24, 2.45) is 10.3 Å². The molecule has 0 spiro atoms. The van der Waals surface area contributed by atoms with Gasteiger partial charge in [0, 0.05) is 0 Å². The van der Waals surface area contributed by atoms with E-state index in [1.54, 1.807) is 0 Å². The van der Waals surface area contributed by atoms with Crippen LogP contribution >= 0.6 is 0 Å². The SMILES string of the molecule is C1COCCO1.NS(N)(=O)=O. The van der Waals surface area contributed by atoms with Crippen molar-refractivity contribution < 1.29 is 17.9 Å². The van der Waals surface area contributed by atoms with E-state index < -0.39 is 10.2 Å². The van der Waals surface area contributed by atoms with Gasteiger partial charge in [0.05, 0.1) is 26.4 Å². The molecule has 1 aliphatic rings. The summed E-state index contributed by atoms with van der Waals surface area (Å²) >= 11 is 0. The third kappa shape index (κ3) is 17.7. The Kier molecular flexibility index (Phi) is 5.34. The molecule has 7 heteroatoms. The second-order valence-electron chi connectivity index (χ2n) is 1.81. The molecule has 1 rings (SSSR count). The van der Waals surface area contributed by atoms with Gasteiger partial charge in [-0.2, -0.15) is 8.42 Å². The number of nitrogens with two attached hydrogens (primary N) is 2. The standard InChI is InChI=1S/C4H8O2.H4N2O2S/c1-2-6-4-3-5-1;1-5(2,3)4/h1-4H2;(H4,1,2,3,4). The van der Waals surface area contributed by atoms with Gasteiger partial charge in [0.25, 0.3) is 10.2 Å². The molecule has 0 radical (unpaired) electrons. The minimum atomic E-state index is -3.67. The molecule has 1 heterocycles. The van der Waals surface area contributed by atoms with Crippen molar-refractivity contribution in [3.8, 4) is 0 Å². The molecular weight excluding hydrogens is 172 g/mol. The topological polar surface area (TPSA) is 105 Å². The average Bonchev–Trinajstić information content (AvgIpc) is 1.88. The zero-order valence-corrected chi connectivity index (χ0v) is 6.84. The molecule has 1 saturated heterocycles. The molecule has 1 fully saturated rings. The lowest BCUT2D eigenvalue weighted by molar-refractivity contribution is -0.0334. The predicted molar refractivity (Wildman–Crippen MR) is 38.9 cm³/mol. The van der Waals surface area contributed by atoms with Crippen molar-refractivity contribution in [2.75, 3.05) is 26.4 Å². The Morgan fingerprint density at radius 2 is 1.09 bits per heavy atom. The van der Waals surface area contributed by atoms with Crippen molar-refractivity contribution in [1.29, 1.82) is 0 Å². The Morgan fingerprint density at radius 3 is 1.18 bits per heavy atom. The summed E-state index contributed by atoms with van der Waals surface area (Å²) in [4.78, 5) is 0. The predicted octanol–water partition coefficient (Wildman–Crippen LogP) is -1.82. The molecule has 4 N–H and O–H groups in total. The van der Waals surface area contributed by atoms with Crippen LogP contribution in [-0.2, 0) is 19.7 Å². The fourth-order valence-electron chi connectivity index (χ4n) is 0.440. The molecule has 1 aliphatic heterocycles. The second kappa shape index (κ2) is 5.44. The van der Waals surface area contributed by atoms with Crippen molar-refractivity contribution in [1.82, 2.24) is 0 Å². The Bertz CT molecular complexity index is 155. The Balaban J connectivity index is 0.000000187. The molecule has 0 unspecified atom stereocenters. The van der Waals surface area contributed by atoms with E-state index >= 15 is 0 Å². The van der Waals surface area contributed by atoms with E-state index in [0.29, 0.717) is 0 Å². The summed E-state index contributed by atoms with van der Waals surface area (Å²) < 4.78 is 28.3. The molecule has 11 heavy (non-hydrogen) atoms. The van der Waals surface area contributed by atoms with Crippen LogP contribution in [0.2, 0.25) is 0 Å². The molecular formula is C4H12N2O4S. The molecule has 0 aromatic carbocycles. The third-order valence-electron chi connectivity index (χ3n) is 0.744. The zero-order valence-electron chi connectivity index (χ0n) is 6.02. The van der Waals surface area contributed by atoms with Crippen LogP contribution in [0, 0.1) is 0 Å². The van der Waals surface area contributed by atoms with Crippen LogP contribution in [0.15, 0.2) is 0 Å². The number of rotatable bonds is 0. The minimum Gasteiger partial charge on any atom is -0.377 e. The summed E-state index contributed by atoms with van der Waals surface area (Å²) in [5, 5.41) is 8.21. The molecule has 0 aromatic heterocycles. The molecule has 0 saturated carbocycles. The Morgan fingerprint density at radius 1 is 0.909 bits per heavy atom. The number of hydrogen-bond acceptors (Lipinski definition) is 4. The highest BCUT2D eigenvalue weighted by Crippen LogP contribution is 1.85. The number of hydrogen-bond donors (Lipinski definition) is 2. The maximum Gasteiger partial charge on any atom is 0.271 e. The van der Waals surface area contributed by atoms with Crippen LogP contribution in [0.1, 0.15) is 0 Å². The van der Waals surface area contributed by atoms with Crippen LogP contribution in [0.3, 0.4) is 0 Å². The van der Waals surface area contributed by atoms with E-state index in [0.717, 1.165) is 26.4 Å². The summed E-state index contributed by atoms with van der Waals surface area (Å²) in [6.07, 6.45) is 0. The first-order valence-corrected chi connectivity index (χ1v) is 4.57. The lowest BCUT2D eigenvalue weighted by Crippen LogP contribution is -2.21. The van der Waals surface area contributed by atoms with Gasteiger partial charge in [-0.15, -0.1) is 0 Å². The van der Waals surface area contributed by atoms with E-state index in [4.69, 9.17) is 9.47 Å². The fourth-order valence-corrected chi connectivity index (χ4v) is 0.440. The summed E-state index contributed by atoms with van der Waals surface area (Å²) in [5.74, 6) is 0. The van der Waals surface area contributed by atoms with E-state index in [-0.39, 0.29) is 0 Å². The van der Waals surface area contributed by atoms with E-state index in [1.165, 1.54) is 0 Å². The van der Waals surface area contributed by atoms with Crippen molar-refractivity contribution in [2.45, 2.75) is 0 Å². The van der Waals surface area contributed by atoms with Gasteiger partial charge in [0.15, 0.2) is 0 Å². The van der Waals surface area contributed by atoms with Crippen LogP contribution < -0.4 is 10.3 Å². The van der Waals surface area contributed by atoms with Gasteiger partial charge in [0.1, 0.15) is 0 Å². The third-order valence-corrected chi connectivity index (χ3v) is 0.744. The highest BCUT2D eigenvalue weighted by Gasteiger charge is 1.94. The van der Waals surface area contributed by atoms with Gasteiger partial charge in [-0.25, -0.2) is 10.3 Å². The number of ether oxygens (including phenoxy) is 2. The normalized spacial score (nSPS) is 18.4. The van der Waals surface area contributed by atoms with Crippen LogP contribution in [-0.4, -0.2) is 34.8 Å². The quantitative estimate of drug-likeness (QED) is 0.462. The van der Waals surface area contributed by atoms with Gasteiger partial charge >= 0.3 is 0 Å². The Hall–Kier alpha value is -0.210. The Labute approximate surface area is 65.6 Å². The fraction of sp³-hybridized carbons (Fsp3) is 1.00. The molecule has 0 aliphatic carbocycles. The van der Waals surface area contributed by atoms with Gasteiger partial charge in [-0.3, -0.25) is 0 Å². The summed E-state index contributed by atoms with van der Waals surface area (Å²) in [7, 11) is -3.67. The van der Waals surface area contributed by atoms with Crippen LogP contribution in [0.5, 0.6) is 0 Å². The first-order valence-electron chi connectivity index (χ1n) is 2.96. The minimum absolute atomic E-state index is 0.778. The van der Waals surface area contributed by atoms with E-state index in [1.807, 2.05) is 0 Å². The smallest absolute Gasteiger partial charge is 0.271 e. The monoisotopic (exact) mass is 184 g/mol. The average molecular weight is 184 g/mol.